The van der Waals surface area contributed by atoms with Gasteiger partial charge in [0.15, 0.2) is 5.13 Å². The Hall–Kier alpha value is -1.95. The first-order chi connectivity index (χ1) is 9.65. The quantitative estimate of drug-likeness (QED) is 0.905. The standard InChI is InChI=1S/C14H15N3O2S/c1-2-9-6-8(13(18)19)7-12(15-9)17-14-16-10-4-3-5-11(10)20-14/h6-7H,2-5H2,1H3,(H,18,19)(H,15,16,17). The molecule has 0 saturated carbocycles. The van der Waals surface area contributed by atoms with Gasteiger partial charge in [0.2, 0.25) is 0 Å². The summed E-state index contributed by atoms with van der Waals surface area (Å²) in [5.74, 6) is -0.388. The molecule has 0 unspecified atom stereocenters. The highest BCUT2D eigenvalue weighted by Gasteiger charge is 2.17. The minimum atomic E-state index is -0.938. The Morgan fingerprint density at radius 1 is 1.40 bits per heavy atom. The maximum Gasteiger partial charge on any atom is 0.335 e. The number of hydrogen-bond acceptors (Lipinski definition) is 5. The highest BCUT2D eigenvalue weighted by Crippen LogP contribution is 2.31. The summed E-state index contributed by atoms with van der Waals surface area (Å²) in [5.41, 5.74) is 2.18. The number of aryl methyl sites for hydroxylation is 3. The number of carboxylic acid groups (broad SMARTS) is 1. The highest BCUT2D eigenvalue weighted by atomic mass is 32.1. The lowest BCUT2D eigenvalue weighted by molar-refractivity contribution is 0.0696. The molecule has 0 bridgehead atoms. The van der Waals surface area contributed by atoms with Crippen molar-refractivity contribution in [2.24, 2.45) is 0 Å². The number of thiazole rings is 1. The number of nitrogens with zero attached hydrogens (tertiary/aromatic N) is 2. The molecule has 3 rings (SSSR count). The predicted molar refractivity (Wildman–Crippen MR) is 78.0 cm³/mol. The molecule has 2 heterocycles. The summed E-state index contributed by atoms with van der Waals surface area (Å²) in [4.78, 5) is 21.4. The van der Waals surface area contributed by atoms with Crippen molar-refractivity contribution in [3.8, 4) is 0 Å². The molecule has 5 nitrogen and oxygen atoms in total. The zero-order chi connectivity index (χ0) is 14.1. The second-order valence-electron chi connectivity index (χ2n) is 4.76. The van der Waals surface area contributed by atoms with Crippen molar-refractivity contribution in [3.05, 3.63) is 34.0 Å². The number of fused-ring (bicyclic) bond motifs is 1. The molecule has 0 atom stereocenters. The van der Waals surface area contributed by atoms with E-state index >= 15 is 0 Å². The van der Waals surface area contributed by atoms with Crippen LogP contribution in [-0.4, -0.2) is 21.0 Å². The number of aromatic carboxylic acids is 1. The van der Waals surface area contributed by atoms with Crippen LogP contribution < -0.4 is 5.32 Å². The molecule has 104 valence electrons. The summed E-state index contributed by atoms with van der Waals surface area (Å²) >= 11 is 1.63. The van der Waals surface area contributed by atoms with E-state index < -0.39 is 5.97 Å². The first kappa shape index (κ1) is 13.1. The van der Waals surface area contributed by atoms with Crippen LogP contribution in [0.15, 0.2) is 12.1 Å². The summed E-state index contributed by atoms with van der Waals surface area (Å²) in [6.45, 7) is 1.95. The van der Waals surface area contributed by atoms with E-state index in [1.54, 1.807) is 23.5 Å². The van der Waals surface area contributed by atoms with E-state index in [2.05, 4.69) is 15.3 Å². The van der Waals surface area contributed by atoms with Gasteiger partial charge in [-0.2, -0.15) is 0 Å². The molecule has 0 fully saturated rings. The summed E-state index contributed by atoms with van der Waals surface area (Å²) in [6.07, 6.45) is 4.01. The lowest BCUT2D eigenvalue weighted by atomic mass is 10.2. The maximum absolute atomic E-state index is 11.1. The fourth-order valence-corrected chi connectivity index (χ4v) is 3.37. The van der Waals surface area contributed by atoms with Gasteiger partial charge >= 0.3 is 5.97 Å². The molecule has 0 aromatic carbocycles. The first-order valence-electron chi connectivity index (χ1n) is 6.65. The van der Waals surface area contributed by atoms with Crippen molar-refractivity contribution in [2.45, 2.75) is 32.6 Å². The average Bonchev–Trinajstić information content (AvgIpc) is 2.99. The van der Waals surface area contributed by atoms with Crippen molar-refractivity contribution in [3.63, 3.8) is 0 Å². The molecule has 2 aromatic heterocycles. The number of pyridine rings is 1. The Bertz CT molecular complexity index is 645. The Kier molecular flexibility index (Phi) is 3.40. The molecule has 6 heteroatoms. The molecule has 1 aliphatic carbocycles. The van der Waals surface area contributed by atoms with Gasteiger partial charge in [-0.05, 0) is 37.8 Å². The van der Waals surface area contributed by atoms with Crippen LogP contribution in [0.1, 0.15) is 40.0 Å². The molecule has 0 aliphatic heterocycles. The molecular formula is C14H15N3O2S. The SMILES string of the molecule is CCc1cc(C(=O)O)cc(Nc2nc3c(s2)CCC3)n1. The van der Waals surface area contributed by atoms with Crippen LogP contribution in [0.4, 0.5) is 10.9 Å². The van der Waals surface area contributed by atoms with Crippen LogP contribution in [0.25, 0.3) is 0 Å². The molecule has 1 aliphatic rings. The smallest absolute Gasteiger partial charge is 0.335 e. The highest BCUT2D eigenvalue weighted by molar-refractivity contribution is 7.15. The van der Waals surface area contributed by atoms with Crippen LogP contribution in [-0.2, 0) is 19.3 Å². The van der Waals surface area contributed by atoms with Crippen molar-refractivity contribution in [1.82, 2.24) is 9.97 Å². The van der Waals surface area contributed by atoms with E-state index in [0.29, 0.717) is 12.2 Å². The van der Waals surface area contributed by atoms with Crippen LogP contribution >= 0.6 is 11.3 Å². The molecule has 2 aromatic rings. The number of hydrogen-bond donors (Lipinski definition) is 2. The molecule has 0 saturated heterocycles. The van der Waals surface area contributed by atoms with E-state index in [1.807, 2.05) is 6.92 Å². The van der Waals surface area contributed by atoms with E-state index in [0.717, 1.165) is 23.7 Å². The minimum absolute atomic E-state index is 0.253. The first-order valence-corrected chi connectivity index (χ1v) is 7.47. The zero-order valence-electron chi connectivity index (χ0n) is 11.1. The number of carbonyl (C=O) groups is 1. The second-order valence-corrected chi connectivity index (χ2v) is 5.84. The van der Waals surface area contributed by atoms with Crippen molar-refractivity contribution in [1.29, 1.82) is 0 Å². The van der Waals surface area contributed by atoms with Gasteiger partial charge in [0.1, 0.15) is 5.82 Å². The number of nitrogens with one attached hydrogen (secondary N) is 1. The van der Waals surface area contributed by atoms with E-state index in [4.69, 9.17) is 5.11 Å². The summed E-state index contributed by atoms with van der Waals surface area (Å²) in [6, 6.07) is 3.16. The van der Waals surface area contributed by atoms with Crippen LogP contribution in [0.5, 0.6) is 0 Å². The number of aromatic nitrogens is 2. The van der Waals surface area contributed by atoms with E-state index in [9.17, 15) is 4.79 Å². The number of rotatable bonds is 4. The van der Waals surface area contributed by atoms with Gasteiger partial charge in [0.25, 0.3) is 0 Å². The fraction of sp³-hybridized carbons (Fsp3) is 0.357. The Balaban J connectivity index is 1.89. The fourth-order valence-electron chi connectivity index (χ4n) is 2.31. The summed E-state index contributed by atoms with van der Waals surface area (Å²) in [7, 11) is 0. The van der Waals surface area contributed by atoms with Gasteiger partial charge in [0, 0.05) is 10.6 Å². The van der Waals surface area contributed by atoms with Crippen LogP contribution in [0.3, 0.4) is 0 Å². The van der Waals surface area contributed by atoms with E-state index in [1.165, 1.54) is 17.0 Å². The maximum atomic E-state index is 11.1. The lowest BCUT2D eigenvalue weighted by Crippen LogP contribution is -2.03. The topological polar surface area (TPSA) is 75.1 Å². The van der Waals surface area contributed by atoms with Crippen molar-refractivity contribution < 1.29 is 9.90 Å². The molecule has 20 heavy (non-hydrogen) atoms. The van der Waals surface area contributed by atoms with E-state index in [-0.39, 0.29) is 5.56 Å². The van der Waals surface area contributed by atoms with Gasteiger partial charge < -0.3 is 10.4 Å². The average molecular weight is 289 g/mol. The van der Waals surface area contributed by atoms with Crippen molar-refractivity contribution in [2.75, 3.05) is 5.32 Å². The molecule has 2 N–H and O–H groups in total. The third kappa shape index (κ3) is 2.51. The lowest BCUT2D eigenvalue weighted by Gasteiger charge is -2.06. The Morgan fingerprint density at radius 2 is 2.25 bits per heavy atom. The minimum Gasteiger partial charge on any atom is -0.478 e. The second kappa shape index (κ2) is 5.20. The van der Waals surface area contributed by atoms with Crippen LogP contribution in [0, 0.1) is 0 Å². The summed E-state index contributed by atoms with van der Waals surface area (Å²) < 4.78 is 0. The molecule has 0 amide bonds. The predicted octanol–water partition coefficient (Wildman–Crippen LogP) is 3.03. The summed E-state index contributed by atoms with van der Waals surface area (Å²) in [5, 5.41) is 13.1. The third-order valence-electron chi connectivity index (χ3n) is 3.32. The van der Waals surface area contributed by atoms with Gasteiger partial charge in [-0.3, -0.25) is 0 Å². The van der Waals surface area contributed by atoms with Gasteiger partial charge in [-0.15, -0.1) is 11.3 Å². The molecular weight excluding hydrogens is 274 g/mol. The van der Waals surface area contributed by atoms with Gasteiger partial charge in [-0.25, -0.2) is 14.8 Å². The van der Waals surface area contributed by atoms with Gasteiger partial charge in [-0.1, -0.05) is 6.92 Å². The van der Waals surface area contributed by atoms with Gasteiger partial charge in [0.05, 0.1) is 11.3 Å². The molecule has 0 radical (unpaired) electrons. The Labute approximate surface area is 120 Å². The largest absolute Gasteiger partial charge is 0.478 e. The monoisotopic (exact) mass is 289 g/mol. The zero-order valence-corrected chi connectivity index (χ0v) is 12.0. The number of anilines is 2. The van der Waals surface area contributed by atoms with Crippen molar-refractivity contribution >= 4 is 28.3 Å². The Morgan fingerprint density at radius 3 is 2.95 bits per heavy atom. The normalized spacial score (nSPS) is 13.2. The number of carboxylic acids is 1. The third-order valence-corrected chi connectivity index (χ3v) is 4.39. The molecule has 0 spiro atoms. The van der Waals surface area contributed by atoms with Crippen LogP contribution in [0.2, 0.25) is 0 Å².